The van der Waals surface area contributed by atoms with Crippen LogP contribution in [0, 0.1) is 18.3 Å². The molecule has 0 radical (unpaired) electrons. The quantitative estimate of drug-likeness (QED) is 0.732. The summed E-state index contributed by atoms with van der Waals surface area (Å²) in [6.45, 7) is 1.99. The van der Waals surface area contributed by atoms with Gasteiger partial charge in [-0.2, -0.15) is 5.26 Å². The first-order valence-electron chi connectivity index (χ1n) is 5.84. The first-order chi connectivity index (χ1) is 9.28. The number of nitrogens with one attached hydrogen (secondary N) is 2. The summed E-state index contributed by atoms with van der Waals surface area (Å²) >= 11 is 0. The fraction of sp³-hybridized carbons (Fsp3) is 0.0714. The molecule has 2 heterocycles. The predicted molar refractivity (Wildman–Crippen MR) is 73.1 cm³/mol. The van der Waals surface area contributed by atoms with E-state index in [1.165, 1.54) is 6.33 Å². The van der Waals surface area contributed by atoms with Gasteiger partial charge in [0, 0.05) is 22.7 Å². The molecule has 2 N–H and O–H groups in total. The maximum atomic E-state index is 8.84. The van der Waals surface area contributed by atoms with Crippen molar-refractivity contribution in [2.24, 2.45) is 0 Å². The zero-order valence-electron chi connectivity index (χ0n) is 10.3. The van der Waals surface area contributed by atoms with Crippen molar-refractivity contribution in [3.8, 4) is 6.07 Å². The van der Waals surface area contributed by atoms with E-state index in [1.807, 2.05) is 37.3 Å². The summed E-state index contributed by atoms with van der Waals surface area (Å²) in [4.78, 5) is 11.3. The highest BCUT2D eigenvalue weighted by Gasteiger charge is 2.08. The van der Waals surface area contributed by atoms with Crippen LogP contribution in [0.15, 0.2) is 36.7 Å². The van der Waals surface area contributed by atoms with Crippen molar-refractivity contribution in [2.75, 3.05) is 5.32 Å². The molecule has 5 heteroatoms. The maximum Gasteiger partial charge on any atom is 0.145 e. The molecule has 0 amide bonds. The minimum Gasteiger partial charge on any atom is -0.357 e. The van der Waals surface area contributed by atoms with Gasteiger partial charge < -0.3 is 10.3 Å². The van der Waals surface area contributed by atoms with Crippen molar-refractivity contribution >= 4 is 22.4 Å². The number of nitrogens with zero attached hydrogens (tertiary/aromatic N) is 3. The summed E-state index contributed by atoms with van der Waals surface area (Å²) in [5, 5.41) is 13.2. The minimum absolute atomic E-state index is 0.343. The van der Waals surface area contributed by atoms with E-state index in [9.17, 15) is 0 Å². The first-order valence-corrected chi connectivity index (χ1v) is 5.84. The van der Waals surface area contributed by atoms with Crippen molar-refractivity contribution in [2.45, 2.75) is 6.92 Å². The number of hydrogen-bond donors (Lipinski definition) is 2. The zero-order chi connectivity index (χ0) is 13.2. The molecule has 0 atom stereocenters. The third-order valence-electron chi connectivity index (χ3n) is 2.93. The Morgan fingerprint density at radius 3 is 2.95 bits per heavy atom. The van der Waals surface area contributed by atoms with Crippen molar-refractivity contribution in [3.63, 3.8) is 0 Å². The fourth-order valence-corrected chi connectivity index (χ4v) is 2.05. The molecule has 0 spiro atoms. The lowest BCUT2D eigenvalue weighted by atomic mass is 10.2. The number of benzene rings is 1. The van der Waals surface area contributed by atoms with Crippen LogP contribution in [0.2, 0.25) is 0 Å². The van der Waals surface area contributed by atoms with Crippen molar-refractivity contribution in [1.29, 1.82) is 5.26 Å². The summed E-state index contributed by atoms with van der Waals surface area (Å²) in [7, 11) is 0. The Balaban J connectivity index is 2.06. The third-order valence-corrected chi connectivity index (χ3v) is 2.93. The number of nitriles is 1. The molecule has 0 fully saturated rings. The molecule has 0 saturated carbocycles. The number of aryl methyl sites for hydroxylation is 1. The van der Waals surface area contributed by atoms with E-state index in [1.54, 1.807) is 6.07 Å². The minimum atomic E-state index is 0.343. The summed E-state index contributed by atoms with van der Waals surface area (Å²) in [5.41, 5.74) is 3.41. The zero-order valence-corrected chi connectivity index (χ0v) is 10.3. The summed E-state index contributed by atoms with van der Waals surface area (Å²) in [6.07, 6.45) is 1.38. The van der Waals surface area contributed by atoms with E-state index < -0.39 is 0 Å². The second kappa shape index (κ2) is 4.42. The van der Waals surface area contributed by atoms with Crippen molar-refractivity contribution in [3.05, 3.63) is 48.0 Å². The van der Waals surface area contributed by atoms with Crippen LogP contribution in [0.4, 0.5) is 11.5 Å². The molecule has 0 aliphatic rings. The van der Waals surface area contributed by atoms with E-state index in [0.717, 1.165) is 22.3 Å². The third kappa shape index (κ3) is 2.00. The Morgan fingerprint density at radius 2 is 2.11 bits per heavy atom. The van der Waals surface area contributed by atoms with Gasteiger partial charge in [-0.1, -0.05) is 18.2 Å². The number of rotatable bonds is 2. The second-order valence-corrected chi connectivity index (χ2v) is 4.20. The average molecular weight is 249 g/mol. The summed E-state index contributed by atoms with van der Waals surface area (Å²) in [6, 6.07) is 11.7. The monoisotopic (exact) mass is 249 g/mol. The molecule has 1 aromatic carbocycles. The number of aromatic amines is 1. The normalized spacial score (nSPS) is 10.3. The van der Waals surface area contributed by atoms with E-state index in [2.05, 4.69) is 20.3 Å². The van der Waals surface area contributed by atoms with Gasteiger partial charge >= 0.3 is 0 Å². The van der Waals surface area contributed by atoms with Crippen molar-refractivity contribution in [1.82, 2.24) is 15.0 Å². The molecule has 3 aromatic rings. The lowest BCUT2D eigenvalue weighted by molar-refractivity contribution is 1.14. The summed E-state index contributed by atoms with van der Waals surface area (Å²) in [5.74, 6) is 0.611. The van der Waals surface area contributed by atoms with Gasteiger partial charge in [-0.15, -0.1) is 0 Å². The van der Waals surface area contributed by atoms with Crippen LogP contribution in [-0.4, -0.2) is 15.0 Å². The molecule has 92 valence electrons. The molecule has 0 saturated heterocycles. The highest BCUT2D eigenvalue weighted by atomic mass is 15.0. The number of anilines is 2. The molecule has 0 bridgehead atoms. The van der Waals surface area contributed by atoms with Crippen LogP contribution in [0.3, 0.4) is 0 Å². The van der Waals surface area contributed by atoms with Crippen LogP contribution >= 0.6 is 0 Å². The Kier molecular flexibility index (Phi) is 2.62. The second-order valence-electron chi connectivity index (χ2n) is 4.20. The highest BCUT2D eigenvalue weighted by Crippen LogP contribution is 2.29. The fourth-order valence-electron chi connectivity index (χ4n) is 2.05. The molecule has 0 aliphatic heterocycles. The number of para-hydroxylation sites is 1. The molecule has 0 unspecified atom stereocenters. The van der Waals surface area contributed by atoms with Gasteiger partial charge in [0.25, 0.3) is 0 Å². The average Bonchev–Trinajstić information content (AvgIpc) is 2.76. The van der Waals surface area contributed by atoms with Gasteiger partial charge in [-0.25, -0.2) is 9.97 Å². The predicted octanol–water partition coefficient (Wildman–Crippen LogP) is 2.88. The molecule has 0 aliphatic carbocycles. The van der Waals surface area contributed by atoms with E-state index in [4.69, 9.17) is 5.26 Å². The Morgan fingerprint density at radius 1 is 1.26 bits per heavy atom. The van der Waals surface area contributed by atoms with E-state index in [-0.39, 0.29) is 0 Å². The molecule has 2 aromatic heterocycles. The standard InChI is InChI=1S/C14H11N5/c1-9-14(11-4-2-3-5-12(11)18-9)19-13-6-10(7-15)16-8-17-13/h2-6,8,18H,1H3,(H,16,17,19). The Hall–Kier alpha value is -2.87. The number of aromatic nitrogens is 3. The van der Waals surface area contributed by atoms with Gasteiger partial charge in [-0.05, 0) is 13.0 Å². The Labute approximate surface area is 109 Å². The lowest BCUT2D eigenvalue weighted by Crippen LogP contribution is -1.96. The van der Waals surface area contributed by atoms with Crippen LogP contribution in [0.1, 0.15) is 11.4 Å². The van der Waals surface area contributed by atoms with Crippen LogP contribution in [0.5, 0.6) is 0 Å². The summed E-state index contributed by atoms with van der Waals surface area (Å²) < 4.78 is 0. The maximum absolute atomic E-state index is 8.84. The van der Waals surface area contributed by atoms with Gasteiger partial charge in [-0.3, -0.25) is 0 Å². The van der Waals surface area contributed by atoms with Crippen LogP contribution in [0.25, 0.3) is 10.9 Å². The highest BCUT2D eigenvalue weighted by molar-refractivity contribution is 5.95. The van der Waals surface area contributed by atoms with Gasteiger partial charge in [0.1, 0.15) is 23.9 Å². The number of hydrogen-bond acceptors (Lipinski definition) is 4. The van der Waals surface area contributed by atoms with E-state index >= 15 is 0 Å². The lowest BCUT2D eigenvalue weighted by Gasteiger charge is -2.05. The topological polar surface area (TPSA) is 77.4 Å². The first kappa shape index (κ1) is 11.2. The van der Waals surface area contributed by atoms with E-state index in [0.29, 0.717) is 11.5 Å². The molecular formula is C14H11N5. The van der Waals surface area contributed by atoms with Gasteiger partial charge in [0.2, 0.25) is 0 Å². The molecule has 3 rings (SSSR count). The number of H-pyrrole nitrogens is 1. The van der Waals surface area contributed by atoms with Crippen molar-refractivity contribution < 1.29 is 0 Å². The smallest absolute Gasteiger partial charge is 0.145 e. The van der Waals surface area contributed by atoms with Gasteiger partial charge in [0.05, 0.1) is 5.69 Å². The molecular weight excluding hydrogens is 238 g/mol. The van der Waals surface area contributed by atoms with Crippen LogP contribution < -0.4 is 5.32 Å². The van der Waals surface area contributed by atoms with Crippen LogP contribution in [-0.2, 0) is 0 Å². The largest absolute Gasteiger partial charge is 0.357 e. The molecule has 5 nitrogen and oxygen atoms in total. The molecule has 19 heavy (non-hydrogen) atoms. The Bertz CT molecular complexity index is 782. The van der Waals surface area contributed by atoms with Gasteiger partial charge in [0.15, 0.2) is 0 Å². The number of fused-ring (bicyclic) bond motifs is 1. The SMILES string of the molecule is Cc1[nH]c2ccccc2c1Nc1cc(C#N)ncn1.